The molecule has 1 amide bonds. The van der Waals surface area contributed by atoms with Crippen molar-refractivity contribution in [2.75, 3.05) is 6.26 Å². The SMILES string of the molecule is CSc1sc(C(=O)NC(C)(C)C)c(-c2ccc(Cl)cc2)c1C#N. The molecule has 6 heteroatoms. The zero-order valence-corrected chi connectivity index (χ0v) is 15.7. The van der Waals surface area contributed by atoms with Crippen molar-refractivity contribution in [3.05, 3.63) is 39.7 Å². The third kappa shape index (κ3) is 4.08. The zero-order valence-electron chi connectivity index (χ0n) is 13.4. The number of nitriles is 1. The van der Waals surface area contributed by atoms with Gasteiger partial charge in [0.15, 0.2) is 0 Å². The van der Waals surface area contributed by atoms with Crippen LogP contribution in [-0.4, -0.2) is 17.7 Å². The Kier molecular flexibility index (Phi) is 5.41. The van der Waals surface area contributed by atoms with E-state index in [0.717, 1.165) is 9.77 Å². The predicted molar refractivity (Wildman–Crippen MR) is 98.5 cm³/mol. The minimum atomic E-state index is -0.343. The number of carbonyl (C=O) groups is 1. The van der Waals surface area contributed by atoms with Crippen LogP contribution < -0.4 is 5.32 Å². The minimum Gasteiger partial charge on any atom is -0.347 e. The van der Waals surface area contributed by atoms with Gasteiger partial charge in [-0.05, 0) is 44.7 Å². The molecule has 0 atom stereocenters. The number of nitrogens with zero attached hydrogens (tertiary/aromatic N) is 1. The highest BCUT2D eigenvalue weighted by molar-refractivity contribution is 8.00. The first-order chi connectivity index (χ1) is 10.8. The molecule has 0 aliphatic carbocycles. The van der Waals surface area contributed by atoms with E-state index in [4.69, 9.17) is 11.6 Å². The summed E-state index contributed by atoms with van der Waals surface area (Å²) in [5.74, 6) is -0.163. The second-order valence-electron chi connectivity index (χ2n) is 6.00. The second-order valence-corrected chi connectivity index (χ2v) is 8.53. The van der Waals surface area contributed by atoms with E-state index >= 15 is 0 Å². The fourth-order valence-corrected chi connectivity index (χ4v) is 4.07. The Labute approximate surface area is 149 Å². The first-order valence-electron chi connectivity index (χ1n) is 6.96. The molecule has 0 bridgehead atoms. The van der Waals surface area contributed by atoms with Crippen molar-refractivity contribution in [2.24, 2.45) is 0 Å². The summed E-state index contributed by atoms with van der Waals surface area (Å²) in [5, 5.41) is 13.2. The molecule has 1 aromatic carbocycles. The van der Waals surface area contributed by atoms with Gasteiger partial charge in [-0.2, -0.15) is 5.26 Å². The topological polar surface area (TPSA) is 52.9 Å². The molecule has 0 saturated heterocycles. The van der Waals surface area contributed by atoms with Gasteiger partial charge in [-0.25, -0.2) is 0 Å². The summed E-state index contributed by atoms with van der Waals surface area (Å²) in [4.78, 5) is 13.2. The molecule has 0 saturated carbocycles. The standard InChI is InChI=1S/C17H17ClN2OS2/c1-17(2,3)20-15(21)14-13(10-5-7-11(18)8-6-10)12(9-19)16(22-4)23-14/h5-8H,1-4H3,(H,20,21). The van der Waals surface area contributed by atoms with Crippen molar-refractivity contribution in [1.82, 2.24) is 5.32 Å². The summed E-state index contributed by atoms with van der Waals surface area (Å²) < 4.78 is 0.844. The molecule has 1 aromatic heterocycles. The van der Waals surface area contributed by atoms with Crippen LogP contribution in [0.5, 0.6) is 0 Å². The average Bonchev–Trinajstić information content (AvgIpc) is 2.85. The van der Waals surface area contributed by atoms with Gasteiger partial charge < -0.3 is 5.32 Å². The average molecular weight is 365 g/mol. The van der Waals surface area contributed by atoms with E-state index in [-0.39, 0.29) is 11.4 Å². The minimum absolute atomic E-state index is 0.163. The maximum absolute atomic E-state index is 12.7. The van der Waals surface area contributed by atoms with E-state index in [1.807, 2.05) is 39.2 Å². The van der Waals surface area contributed by atoms with Crippen LogP contribution in [0.25, 0.3) is 11.1 Å². The molecule has 0 fully saturated rings. The molecular formula is C17H17ClN2OS2. The summed E-state index contributed by atoms with van der Waals surface area (Å²) in [5.41, 5.74) is 1.70. The largest absolute Gasteiger partial charge is 0.347 e. The highest BCUT2D eigenvalue weighted by Gasteiger charge is 2.26. The van der Waals surface area contributed by atoms with E-state index in [0.29, 0.717) is 21.0 Å². The van der Waals surface area contributed by atoms with Gasteiger partial charge in [0.05, 0.1) is 9.77 Å². The first-order valence-corrected chi connectivity index (χ1v) is 9.38. The molecule has 0 aliphatic rings. The number of halogens is 1. The van der Waals surface area contributed by atoms with Crippen LogP contribution in [0.3, 0.4) is 0 Å². The maximum atomic E-state index is 12.7. The van der Waals surface area contributed by atoms with Crippen molar-refractivity contribution in [3.63, 3.8) is 0 Å². The third-order valence-electron chi connectivity index (χ3n) is 3.00. The lowest BCUT2D eigenvalue weighted by molar-refractivity contribution is 0.0924. The molecule has 2 aromatic rings. The van der Waals surface area contributed by atoms with Crippen LogP contribution in [0.4, 0.5) is 0 Å². The fraction of sp³-hybridized carbons (Fsp3) is 0.294. The van der Waals surface area contributed by atoms with Crippen molar-refractivity contribution < 1.29 is 4.79 Å². The Morgan fingerprint density at radius 2 is 1.91 bits per heavy atom. The molecule has 0 unspecified atom stereocenters. The molecule has 0 spiro atoms. The van der Waals surface area contributed by atoms with E-state index < -0.39 is 0 Å². The number of thiophene rings is 1. The number of thioether (sulfide) groups is 1. The number of benzene rings is 1. The van der Waals surface area contributed by atoms with Crippen LogP contribution in [0.15, 0.2) is 28.5 Å². The third-order valence-corrected chi connectivity index (χ3v) is 5.56. The summed E-state index contributed by atoms with van der Waals surface area (Å²) in [6.07, 6.45) is 1.91. The lowest BCUT2D eigenvalue weighted by Crippen LogP contribution is -2.40. The molecular weight excluding hydrogens is 348 g/mol. The molecule has 23 heavy (non-hydrogen) atoms. The summed E-state index contributed by atoms with van der Waals surface area (Å²) >= 11 is 8.78. The number of nitrogens with one attached hydrogen (secondary N) is 1. The molecule has 3 nitrogen and oxygen atoms in total. The predicted octanol–water partition coefficient (Wildman–Crippen LogP) is 5.19. The van der Waals surface area contributed by atoms with Crippen LogP contribution in [0, 0.1) is 11.3 Å². The molecule has 2 rings (SSSR count). The zero-order chi connectivity index (χ0) is 17.2. The van der Waals surface area contributed by atoms with Gasteiger partial charge in [-0.3, -0.25) is 4.79 Å². The Balaban J connectivity index is 2.63. The smallest absolute Gasteiger partial charge is 0.262 e. The summed E-state index contributed by atoms with van der Waals surface area (Å²) in [7, 11) is 0. The Bertz CT molecular complexity index is 768. The summed E-state index contributed by atoms with van der Waals surface area (Å²) in [6.45, 7) is 5.80. The number of hydrogen-bond acceptors (Lipinski definition) is 4. The lowest BCUT2D eigenvalue weighted by atomic mass is 10.0. The number of hydrogen-bond donors (Lipinski definition) is 1. The summed E-state index contributed by atoms with van der Waals surface area (Å²) in [6, 6.07) is 9.44. The highest BCUT2D eigenvalue weighted by atomic mass is 35.5. The molecule has 1 heterocycles. The van der Waals surface area contributed by atoms with Crippen LogP contribution in [-0.2, 0) is 0 Å². The van der Waals surface area contributed by atoms with Crippen LogP contribution >= 0.6 is 34.7 Å². The molecule has 1 N–H and O–H groups in total. The monoisotopic (exact) mass is 364 g/mol. The molecule has 120 valence electrons. The van der Waals surface area contributed by atoms with Crippen molar-refractivity contribution >= 4 is 40.6 Å². The van der Waals surface area contributed by atoms with Gasteiger partial charge in [0.1, 0.15) is 10.9 Å². The highest BCUT2D eigenvalue weighted by Crippen LogP contribution is 2.41. The van der Waals surface area contributed by atoms with E-state index in [1.54, 1.807) is 12.1 Å². The molecule has 0 radical (unpaired) electrons. The van der Waals surface area contributed by atoms with Gasteiger partial charge in [-0.1, -0.05) is 23.7 Å². The van der Waals surface area contributed by atoms with Crippen molar-refractivity contribution in [1.29, 1.82) is 5.26 Å². The number of amides is 1. The van der Waals surface area contributed by atoms with Gasteiger partial charge in [0.2, 0.25) is 0 Å². The van der Waals surface area contributed by atoms with E-state index in [9.17, 15) is 10.1 Å². The second kappa shape index (κ2) is 6.96. The van der Waals surface area contributed by atoms with Gasteiger partial charge in [0.25, 0.3) is 5.91 Å². The lowest BCUT2D eigenvalue weighted by Gasteiger charge is -2.20. The fourth-order valence-electron chi connectivity index (χ4n) is 2.10. The van der Waals surface area contributed by atoms with Crippen molar-refractivity contribution in [3.8, 4) is 17.2 Å². The molecule has 0 aliphatic heterocycles. The van der Waals surface area contributed by atoms with Gasteiger partial charge in [-0.15, -0.1) is 23.1 Å². The van der Waals surface area contributed by atoms with E-state index in [2.05, 4.69) is 11.4 Å². The number of carbonyl (C=O) groups excluding carboxylic acids is 1. The quantitative estimate of drug-likeness (QED) is 0.762. The van der Waals surface area contributed by atoms with Crippen molar-refractivity contribution in [2.45, 2.75) is 30.5 Å². The first kappa shape index (κ1) is 17.9. The van der Waals surface area contributed by atoms with Gasteiger partial charge in [0, 0.05) is 16.1 Å². The van der Waals surface area contributed by atoms with Crippen LogP contribution in [0.2, 0.25) is 5.02 Å². The van der Waals surface area contributed by atoms with Crippen LogP contribution in [0.1, 0.15) is 36.0 Å². The Morgan fingerprint density at radius 3 is 2.39 bits per heavy atom. The Hall–Kier alpha value is -1.48. The maximum Gasteiger partial charge on any atom is 0.262 e. The van der Waals surface area contributed by atoms with Gasteiger partial charge >= 0.3 is 0 Å². The Morgan fingerprint density at radius 1 is 1.30 bits per heavy atom. The number of rotatable bonds is 3. The normalized spacial score (nSPS) is 11.1. The van der Waals surface area contributed by atoms with E-state index in [1.165, 1.54) is 23.1 Å².